The lowest BCUT2D eigenvalue weighted by molar-refractivity contribution is -0.250. The maximum Gasteiger partial charge on any atom is 0.191 e. The smallest absolute Gasteiger partial charge is 0.191 e. The van der Waals surface area contributed by atoms with Crippen LogP contribution in [0.3, 0.4) is 0 Å². The zero-order valence-electron chi connectivity index (χ0n) is 14.4. The third kappa shape index (κ3) is 4.33. The quantitative estimate of drug-likeness (QED) is 0.559. The van der Waals surface area contributed by atoms with Gasteiger partial charge in [0.1, 0.15) is 25.1 Å². The highest BCUT2D eigenvalue weighted by Crippen LogP contribution is 2.31. The first kappa shape index (κ1) is 17.8. The van der Waals surface area contributed by atoms with Crippen LogP contribution in [0.15, 0.2) is 43.0 Å². The average molecular weight is 350 g/mol. The minimum absolute atomic E-state index is 0.0832. The van der Waals surface area contributed by atoms with E-state index in [1.807, 2.05) is 36.4 Å². The van der Waals surface area contributed by atoms with Crippen molar-refractivity contribution in [3.63, 3.8) is 0 Å². The number of fused-ring (bicyclic) bond motifs is 1. The van der Waals surface area contributed by atoms with E-state index < -0.39 is 14.6 Å². The monoisotopic (exact) mass is 350 g/mol. The Bertz CT molecular complexity index is 535. The van der Waals surface area contributed by atoms with Gasteiger partial charge in [-0.2, -0.15) is 0 Å². The molecule has 24 heavy (non-hydrogen) atoms. The van der Waals surface area contributed by atoms with Crippen molar-refractivity contribution in [3.05, 3.63) is 48.6 Å². The number of allylic oxidation sites excluding steroid dienone is 1. The molecule has 2 aliphatic heterocycles. The van der Waals surface area contributed by atoms with Gasteiger partial charge in [-0.3, -0.25) is 0 Å². The number of hydrogen-bond donors (Lipinski definition) is 0. The Morgan fingerprint density at radius 2 is 2.00 bits per heavy atom. The van der Waals surface area contributed by atoms with Crippen molar-refractivity contribution in [2.24, 2.45) is 0 Å². The lowest BCUT2D eigenvalue weighted by Crippen LogP contribution is -2.56. The molecule has 2 fully saturated rings. The van der Waals surface area contributed by atoms with Gasteiger partial charge < -0.3 is 23.4 Å². The third-order valence-corrected chi connectivity index (χ3v) is 6.46. The molecular formula is C18H26O5Si. The molecule has 0 radical (unpaired) electrons. The molecule has 0 N–H and O–H groups in total. The lowest BCUT2D eigenvalue weighted by Gasteiger charge is -2.41. The van der Waals surface area contributed by atoms with Gasteiger partial charge in [-0.05, 0) is 24.7 Å². The van der Waals surface area contributed by atoms with E-state index >= 15 is 0 Å². The first-order chi connectivity index (χ1) is 11.6. The van der Waals surface area contributed by atoms with Crippen LogP contribution in [0.2, 0.25) is 19.1 Å². The predicted octanol–water partition coefficient (Wildman–Crippen LogP) is 3.08. The van der Waals surface area contributed by atoms with Crippen molar-refractivity contribution in [3.8, 4) is 0 Å². The van der Waals surface area contributed by atoms with E-state index in [1.54, 1.807) is 0 Å². The Kier molecular flexibility index (Phi) is 5.86. The van der Waals surface area contributed by atoms with Crippen LogP contribution in [-0.4, -0.2) is 46.3 Å². The first-order valence-electron chi connectivity index (χ1n) is 8.38. The van der Waals surface area contributed by atoms with Crippen LogP contribution in [0.25, 0.3) is 0 Å². The highest BCUT2D eigenvalue weighted by Gasteiger charge is 2.48. The van der Waals surface area contributed by atoms with Gasteiger partial charge in [0.15, 0.2) is 14.6 Å². The molecule has 2 heterocycles. The maximum atomic E-state index is 6.45. The fraction of sp³-hybridized carbons (Fsp3) is 0.556. The molecule has 5 nitrogen and oxygen atoms in total. The second-order valence-corrected chi connectivity index (χ2v) is 11.0. The molecule has 0 spiro atoms. The Hall–Kier alpha value is -1.02. The molecule has 2 saturated heterocycles. The van der Waals surface area contributed by atoms with Gasteiger partial charge in [-0.25, -0.2) is 0 Å². The molecule has 0 unspecified atom stereocenters. The average Bonchev–Trinajstić information content (AvgIpc) is 3.04. The molecule has 3 rings (SSSR count). The maximum absolute atomic E-state index is 6.45. The number of rotatable bonds is 7. The summed E-state index contributed by atoms with van der Waals surface area (Å²) in [6, 6.07) is 10.9. The Morgan fingerprint density at radius 1 is 1.21 bits per heavy atom. The van der Waals surface area contributed by atoms with Crippen LogP contribution in [0, 0.1) is 0 Å². The fourth-order valence-corrected chi connectivity index (χ4v) is 4.85. The Labute approximate surface area is 144 Å². The van der Waals surface area contributed by atoms with E-state index in [1.165, 1.54) is 0 Å². The molecule has 2 aliphatic rings. The molecule has 4 atom stereocenters. The zero-order chi connectivity index (χ0) is 17.0. The van der Waals surface area contributed by atoms with E-state index in [0.717, 1.165) is 11.6 Å². The molecule has 132 valence electrons. The highest BCUT2D eigenvalue weighted by molar-refractivity contribution is 6.71. The molecule has 0 aliphatic carbocycles. The molecule has 0 amide bonds. The topological polar surface area (TPSA) is 46.2 Å². The molecule has 0 saturated carbocycles. The van der Waals surface area contributed by atoms with Crippen molar-refractivity contribution < 1.29 is 23.4 Å². The summed E-state index contributed by atoms with van der Waals surface area (Å²) in [4.78, 5) is 0. The summed E-state index contributed by atoms with van der Waals surface area (Å²) >= 11 is 0. The van der Waals surface area contributed by atoms with E-state index in [9.17, 15) is 0 Å². The van der Waals surface area contributed by atoms with Crippen molar-refractivity contribution in [1.29, 1.82) is 0 Å². The zero-order valence-corrected chi connectivity index (χ0v) is 15.4. The normalized spacial score (nSPS) is 30.1. The van der Waals surface area contributed by atoms with Gasteiger partial charge in [0.05, 0.1) is 13.2 Å². The molecule has 0 bridgehead atoms. The largest absolute Gasteiger partial charge is 0.406 e. The van der Waals surface area contributed by atoms with Crippen LogP contribution in [-0.2, 0) is 30.0 Å². The summed E-state index contributed by atoms with van der Waals surface area (Å²) in [7, 11) is -1.91. The summed E-state index contributed by atoms with van der Waals surface area (Å²) in [5.74, 6) is 0. The van der Waals surface area contributed by atoms with Crippen molar-refractivity contribution in [1.82, 2.24) is 0 Å². The van der Waals surface area contributed by atoms with Gasteiger partial charge in [0.2, 0.25) is 0 Å². The molecule has 0 aromatic heterocycles. The van der Waals surface area contributed by atoms with E-state index in [0.29, 0.717) is 13.2 Å². The van der Waals surface area contributed by atoms with Crippen LogP contribution < -0.4 is 0 Å². The van der Waals surface area contributed by atoms with Gasteiger partial charge >= 0.3 is 0 Å². The second kappa shape index (κ2) is 7.90. The predicted molar refractivity (Wildman–Crippen MR) is 92.9 cm³/mol. The highest BCUT2D eigenvalue weighted by atomic mass is 28.4. The Balaban J connectivity index is 1.69. The summed E-state index contributed by atoms with van der Waals surface area (Å²) in [6.45, 7) is 9.40. The van der Waals surface area contributed by atoms with Crippen molar-refractivity contribution >= 4 is 8.32 Å². The Morgan fingerprint density at radius 3 is 2.75 bits per heavy atom. The van der Waals surface area contributed by atoms with Gasteiger partial charge in [-0.15, -0.1) is 6.58 Å². The number of benzene rings is 1. The minimum Gasteiger partial charge on any atom is -0.406 e. The molecular weight excluding hydrogens is 324 g/mol. The van der Waals surface area contributed by atoms with Crippen molar-refractivity contribution in [2.45, 2.75) is 50.3 Å². The van der Waals surface area contributed by atoms with Crippen LogP contribution in [0.4, 0.5) is 0 Å². The van der Waals surface area contributed by atoms with E-state index in [-0.39, 0.29) is 25.1 Å². The molecule has 1 aromatic carbocycles. The van der Waals surface area contributed by atoms with Crippen molar-refractivity contribution in [2.75, 3.05) is 13.4 Å². The molecule has 1 aromatic rings. The summed E-state index contributed by atoms with van der Waals surface area (Å²) in [6.07, 6.45) is 0.955. The van der Waals surface area contributed by atoms with Crippen LogP contribution in [0.1, 0.15) is 5.56 Å². The fourth-order valence-electron chi connectivity index (χ4n) is 3.08. The standard InChI is InChI=1S/C18H26O5Si/c1-4-10-24(2,3)23-17-16-15(21-13-22-16)12-20-18(17)19-11-14-8-6-5-7-9-14/h4-9,15-18H,1,10-13H2,2-3H3/t15-,16-,17+,18-/m0/s1. The van der Waals surface area contributed by atoms with E-state index in [4.69, 9.17) is 23.4 Å². The SMILES string of the molecule is C=CC[Si](C)(C)O[C@H]1[C@@H](OCc2ccccc2)OC[C@@H]2OCO[C@H]12. The van der Waals surface area contributed by atoms with Gasteiger partial charge in [0, 0.05) is 0 Å². The van der Waals surface area contributed by atoms with Gasteiger partial charge in [0.25, 0.3) is 0 Å². The number of hydrogen-bond acceptors (Lipinski definition) is 5. The van der Waals surface area contributed by atoms with Gasteiger partial charge in [-0.1, -0.05) is 36.4 Å². The summed E-state index contributed by atoms with van der Waals surface area (Å²) < 4.78 is 29.7. The summed E-state index contributed by atoms with van der Waals surface area (Å²) in [5, 5.41) is 0. The molecule has 6 heteroatoms. The lowest BCUT2D eigenvalue weighted by atomic mass is 10.1. The summed E-state index contributed by atoms with van der Waals surface area (Å²) in [5.41, 5.74) is 1.10. The first-order valence-corrected chi connectivity index (χ1v) is 11.5. The minimum atomic E-state index is -1.91. The van der Waals surface area contributed by atoms with E-state index in [2.05, 4.69) is 19.7 Å². The van der Waals surface area contributed by atoms with Crippen LogP contribution in [0.5, 0.6) is 0 Å². The third-order valence-electron chi connectivity index (χ3n) is 4.27. The van der Waals surface area contributed by atoms with Crippen LogP contribution >= 0.6 is 0 Å². The number of ether oxygens (including phenoxy) is 4. The second-order valence-electron chi connectivity index (χ2n) is 6.79.